The fourth-order valence-electron chi connectivity index (χ4n) is 2.31. The molecule has 0 bridgehead atoms. The molecule has 4 heteroatoms. The van der Waals surface area contributed by atoms with Crippen molar-refractivity contribution in [2.24, 2.45) is 5.92 Å². The van der Waals surface area contributed by atoms with Crippen molar-refractivity contribution in [3.05, 3.63) is 36.0 Å². The van der Waals surface area contributed by atoms with Crippen molar-refractivity contribution < 1.29 is 19.1 Å². The number of esters is 2. The van der Waals surface area contributed by atoms with Gasteiger partial charge in [0.2, 0.25) is 0 Å². The largest absolute Gasteiger partial charge is 0.465 e. The molecular weight excluding hydrogens is 280 g/mol. The SMILES string of the molecule is C/C=C/CCOC(=O)C1=CCCCC1C(=O)OCC/C=C/C. The molecule has 4 nitrogen and oxygen atoms in total. The zero-order valence-electron chi connectivity index (χ0n) is 13.5. The van der Waals surface area contributed by atoms with Gasteiger partial charge in [-0.2, -0.15) is 0 Å². The van der Waals surface area contributed by atoms with E-state index >= 15 is 0 Å². The number of carbonyl (C=O) groups excluding carboxylic acids is 2. The van der Waals surface area contributed by atoms with E-state index in [9.17, 15) is 9.59 Å². The minimum atomic E-state index is -0.478. The number of carbonyl (C=O) groups is 2. The summed E-state index contributed by atoms with van der Waals surface area (Å²) < 4.78 is 10.5. The number of hydrogen-bond acceptors (Lipinski definition) is 4. The van der Waals surface area contributed by atoms with Gasteiger partial charge in [-0.1, -0.05) is 30.4 Å². The van der Waals surface area contributed by atoms with E-state index in [1.807, 2.05) is 44.2 Å². The van der Waals surface area contributed by atoms with E-state index in [1.165, 1.54) is 0 Å². The first kappa shape index (κ1) is 18.2. The third kappa shape index (κ3) is 6.29. The molecular formula is C18H26O4. The Hall–Kier alpha value is -1.84. The number of allylic oxidation sites excluding steroid dienone is 3. The normalized spacial score (nSPS) is 18.5. The molecule has 0 saturated heterocycles. The Labute approximate surface area is 132 Å². The van der Waals surface area contributed by atoms with Crippen molar-refractivity contribution in [2.45, 2.75) is 46.0 Å². The van der Waals surface area contributed by atoms with Crippen LogP contribution in [-0.4, -0.2) is 25.2 Å². The lowest BCUT2D eigenvalue weighted by Gasteiger charge is -2.21. The molecule has 1 aliphatic carbocycles. The maximum absolute atomic E-state index is 12.1. The van der Waals surface area contributed by atoms with Gasteiger partial charge in [0, 0.05) is 5.57 Å². The summed E-state index contributed by atoms with van der Waals surface area (Å²) in [7, 11) is 0. The average Bonchev–Trinajstić information content (AvgIpc) is 2.55. The Morgan fingerprint density at radius 1 is 1.14 bits per heavy atom. The molecule has 122 valence electrons. The van der Waals surface area contributed by atoms with Crippen molar-refractivity contribution in [1.82, 2.24) is 0 Å². The number of rotatable bonds is 8. The fourth-order valence-corrected chi connectivity index (χ4v) is 2.31. The quantitative estimate of drug-likeness (QED) is 0.389. The molecule has 0 saturated carbocycles. The molecule has 0 aromatic carbocycles. The van der Waals surface area contributed by atoms with Crippen molar-refractivity contribution in [2.75, 3.05) is 13.2 Å². The lowest BCUT2D eigenvalue weighted by Crippen LogP contribution is -2.27. The van der Waals surface area contributed by atoms with Gasteiger partial charge in [-0.15, -0.1) is 0 Å². The Morgan fingerprint density at radius 3 is 2.41 bits per heavy atom. The van der Waals surface area contributed by atoms with Crippen LogP contribution in [0.3, 0.4) is 0 Å². The summed E-state index contributed by atoms with van der Waals surface area (Å²) >= 11 is 0. The predicted octanol–water partition coefficient (Wildman–Crippen LogP) is 3.73. The van der Waals surface area contributed by atoms with Gasteiger partial charge in [-0.25, -0.2) is 4.79 Å². The molecule has 1 atom stereocenters. The van der Waals surface area contributed by atoms with Crippen LogP contribution in [-0.2, 0) is 19.1 Å². The van der Waals surface area contributed by atoms with Gasteiger partial charge in [0.05, 0.1) is 19.1 Å². The molecule has 0 aromatic heterocycles. The fraction of sp³-hybridized carbons (Fsp3) is 0.556. The number of hydrogen-bond donors (Lipinski definition) is 0. The summed E-state index contributed by atoms with van der Waals surface area (Å²) in [5.74, 6) is -1.19. The first-order chi connectivity index (χ1) is 10.7. The van der Waals surface area contributed by atoms with Crippen LogP contribution in [0.25, 0.3) is 0 Å². The third-order valence-corrected chi connectivity index (χ3v) is 3.47. The molecule has 1 aliphatic rings. The summed E-state index contributed by atoms with van der Waals surface area (Å²) in [4.78, 5) is 24.3. The molecule has 0 heterocycles. The highest BCUT2D eigenvalue weighted by atomic mass is 16.5. The van der Waals surface area contributed by atoms with E-state index in [1.54, 1.807) is 0 Å². The predicted molar refractivity (Wildman–Crippen MR) is 86.2 cm³/mol. The van der Waals surface area contributed by atoms with Crippen LogP contribution in [0, 0.1) is 5.92 Å². The van der Waals surface area contributed by atoms with Crippen LogP contribution in [0.1, 0.15) is 46.0 Å². The van der Waals surface area contributed by atoms with Gasteiger partial charge in [0.25, 0.3) is 0 Å². The topological polar surface area (TPSA) is 52.6 Å². The van der Waals surface area contributed by atoms with Crippen LogP contribution >= 0.6 is 0 Å². The molecule has 1 rings (SSSR count). The highest BCUT2D eigenvalue weighted by Gasteiger charge is 2.31. The summed E-state index contributed by atoms with van der Waals surface area (Å²) in [6.45, 7) is 4.53. The maximum atomic E-state index is 12.1. The maximum Gasteiger partial charge on any atom is 0.334 e. The zero-order valence-corrected chi connectivity index (χ0v) is 13.5. The molecule has 0 radical (unpaired) electrons. The van der Waals surface area contributed by atoms with E-state index in [-0.39, 0.29) is 11.9 Å². The second-order valence-electron chi connectivity index (χ2n) is 5.16. The van der Waals surface area contributed by atoms with E-state index < -0.39 is 5.92 Å². The van der Waals surface area contributed by atoms with Crippen LogP contribution in [0.2, 0.25) is 0 Å². The molecule has 0 amide bonds. The highest BCUT2D eigenvalue weighted by Crippen LogP contribution is 2.27. The average molecular weight is 306 g/mol. The van der Waals surface area contributed by atoms with E-state index in [0.29, 0.717) is 38.0 Å². The van der Waals surface area contributed by atoms with E-state index in [4.69, 9.17) is 9.47 Å². The van der Waals surface area contributed by atoms with Gasteiger partial charge in [0.1, 0.15) is 0 Å². The Bertz CT molecular complexity index is 446. The van der Waals surface area contributed by atoms with Gasteiger partial charge in [-0.05, 0) is 46.0 Å². The third-order valence-electron chi connectivity index (χ3n) is 3.47. The standard InChI is InChI=1S/C18H26O4/c1-3-5-9-13-21-17(19)15-11-7-8-12-16(15)18(20)22-14-10-6-4-2/h3-6,11,16H,7-10,12-14H2,1-2H3/b5-3+,6-4+. The second-order valence-corrected chi connectivity index (χ2v) is 5.16. The minimum Gasteiger partial charge on any atom is -0.465 e. The minimum absolute atomic E-state index is 0.319. The molecule has 0 aliphatic heterocycles. The van der Waals surface area contributed by atoms with Gasteiger partial charge in [0.15, 0.2) is 0 Å². The second kappa shape index (κ2) is 10.8. The first-order valence-corrected chi connectivity index (χ1v) is 7.96. The van der Waals surface area contributed by atoms with Crippen molar-refractivity contribution in [3.63, 3.8) is 0 Å². The summed E-state index contributed by atoms with van der Waals surface area (Å²) in [5, 5.41) is 0. The Balaban J connectivity index is 2.53. The van der Waals surface area contributed by atoms with E-state index in [2.05, 4.69) is 0 Å². The van der Waals surface area contributed by atoms with Crippen LogP contribution in [0.15, 0.2) is 36.0 Å². The first-order valence-electron chi connectivity index (χ1n) is 7.96. The Kier molecular flexibility index (Phi) is 8.96. The zero-order chi connectivity index (χ0) is 16.2. The van der Waals surface area contributed by atoms with Crippen LogP contribution in [0.5, 0.6) is 0 Å². The Morgan fingerprint density at radius 2 is 1.77 bits per heavy atom. The number of ether oxygens (including phenoxy) is 2. The monoisotopic (exact) mass is 306 g/mol. The molecule has 0 spiro atoms. The molecule has 0 aromatic rings. The lowest BCUT2D eigenvalue weighted by atomic mass is 9.87. The van der Waals surface area contributed by atoms with Gasteiger partial charge < -0.3 is 9.47 Å². The van der Waals surface area contributed by atoms with Crippen molar-refractivity contribution in [3.8, 4) is 0 Å². The highest BCUT2D eigenvalue weighted by molar-refractivity contribution is 5.95. The lowest BCUT2D eigenvalue weighted by molar-refractivity contribution is -0.151. The summed E-state index contributed by atoms with van der Waals surface area (Å²) in [6, 6.07) is 0. The van der Waals surface area contributed by atoms with Crippen molar-refractivity contribution >= 4 is 11.9 Å². The summed E-state index contributed by atoms with van der Waals surface area (Å²) in [6.07, 6.45) is 13.3. The van der Waals surface area contributed by atoms with Gasteiger partial charge in [-0.3, -0.25) is 4.79 Å². The molecule has 22 heavy (non-hydrogen) atoms. The molecule has 0 N–H and O–H groups in total. The van der Waals surface area contributed by atoms with Crippen LogP contribution < -0.4 is 0 Å². The van der Waals surface area contributed by atoms with Crippen LogP contribution in [0.4, 0.5) is 0 Å². The van der Waals surface area contributed by atoms with Crippen molar-refractivity contribution in [1.29, 1.82) is 0 Å². The van der Waals surface area contributed by atoms with E-state index in [0.717, 1.165) is 12.8 Å². The smallest absolute Gasteiger partial charge is 0.334 e. The molecule has 0 fully saturated rings. The summed E-state index contributed by atoms with van der Waals surface area (Å²) in [5.41, 5.74) is 0.461. The molecule has 1 unspecified atom stereocenters. The van der Waals surface area contributed by atoms with Gasteiger partial charge >= 0.3 is 11.9 Å².